The Morgan fingerprint density at radius 1 is 1.00 bits per heavy atom. The number of ketones is 1. The highest BCUT2D eigenvalue weighted by Crippen LogP contribution is 2.28. The predicted octanol–water partition coefficient (Wildman–Crippen LogP) is 4.87. The van der Waals surface area contributed by atoms with E-state index in [1.807, 2.05) is 37.3 Å². The summed E-state index contributed by atoms with van der Waals surface area (Å²) in [5.74, 6) is -1.14. The summed E-state index contributed by atoms with van der Waals surface area (Å²) in [6.45, 7) is 2.25. The lowest BCUT2D eigenvalue weighted by Gasteiger charge is -2.17. The van der Waals surface area contributed by atoms with E-state index < -0.39 is 5.92 Å². The first kappa shape index (κ1) is 20.8. The van der Waals surface area contributed by atoms with Crippen LogP contribution in [0.15, 0.2) is 72.8 Å². The Kier molecular flexibility index (Phi) is 5.87. The lowest BCUT2D eigenvalue weighted by molar-refractivity contribution is -0.122. The van der Waals surface area contributed by atoms with Crippen LogP contribution in [-0.4, -0.2) is 24.1 Å². The summed E-state index contributed by atoms with van der Waals surface area (Å²) >= 11 is 6.11. The average Bonchev–Trinajstić information content (AvgIpc) is 3.17. The molecule has 1 N–H and O–H groups in total. The number of hydrogen-bond acceptors (Lipinski definition) is 3. The average molecular weight is 433 g/mol. The number of aryl methyl sites for hydroxylation is 1. The van der Waals surface area contributed by atoms with Crippen molar-refractivity contribution < 1.29 is 14.4 Å². The minimum Gasteiger partial charge on any atom is -0.325 e. The lowest BCUT2D eigenvalue weighted by atomic mass is 10.0. The molecule has 1 saturated heterocycles. The summed E-state index contributed by atoms with van der Waals surface area (Å²) in [6.07, 6.45) is 0.120. The SMILES string of the molecule is Cc1cccc(N2CC(C(=O)Nc3ccc(Cl)cc3C(=O)c3ccccc3)CC2=O)c1. The first-order valence-corrected chi connectivity index (χ1v) is 10.4. The number of halogens is 1. The summed E-state index contributed by atoms with van der Waals surface area (Å²) < 4.78 is 0. The number of carbonyl (C=O) groups excluding carboxylic acids is 3. The van der Waals surface area contributed by atoms with Crippen LogP contribution in [0.1, 0.15) is 27.9 Å². The van der Waals surface area contributed by atoms with Crippen LogP contribution in [0.5, 0.6) is 0 Å². The molecular weight excluding hydrogens is 412 g/mol. The molecule has 4 rings (SSSR count). The number of amides is 2. The molecular formula is C25H21ClN2O3. The third kappa shape index (κ3) is 4.52. The molecule has 6 heteroatoms. The Hall–Kier alpha value is -3.44. The van der Waals surface area contributed by atoms with Gasteiger partial charge in [0.2, 0.25) is 11.8 Å². The van der Waals surface area contributed by atoms with Gasteiger partial charge >= 0.3 is 0 Å². The van der Waals surface area contributed by atoms with E-state index in [2.05, 4.69) is 5.32 Å². The Morgan fingerprint density at radius 3 is 2.52 bits per heavy atom. The number of nitrogens with one attached hydrogen (secondary N) is 1. The van der Waals surface area contributed by atoms with Crippen molar-refractivity contribution in [2.24, 2.45) is 5.92 Å². The van der Waals surface area contributed by atoms with E-state index in [1.165, 1.54) is 0 Å². The largest absolute Gasteiger partial charge is 0.325 e. The molecule has 5 nitrogen and oxygen atoms in total. The van der Waals surface area contributed by atoms with Crippen molar-refractivity contribution in [1.29, 1.82) is 0 Å². The van der Waals surface area contributed by atoms with E-state index in [4.69, 9.17) is 11.6 Å². The highest BCUT2D eigenvalue weighted by Gasteiger charge is 2.35. The lowest BCUT2D eigenvalue weighted by Crippen LogP contribution is -2.28. The van der Waals surface area contributed by atoms with Gasteiger partial charge in [-0.1, -0.05) is 54.1 Å². The van der Waals surface area contributed by atoms with Crippen LogP contribution >= 0.6 is 11.6 Å². The van der Waals surface area contributed by atoms with Gasteiger partial charge in [-0.15, -0.1) is 0 Å². The van der Waals surface area contributed by atoms with Crippen molar-refractivity contribution in [2.45, 2.75) is 13.3 Å². The minimum atomic E-state index is -0.511. The van der Waals surface area contributed by atoms with Gasteiger partial charge in [0.15, 0.2) is 5.78 Å². The fourth-order valence-electron chi connectivity index (χ4n) is 3.72. The second kappa shape index (κ2) is 8.74. The first-order valence-electron chi connectivity index (χ1n) is 9.99. The van der Waals surface area contributed by atoms with Crippen LogP contribution < -0.4 is 10.2 Å². The van der Waals surface area contributed by atoms with Gasteiger partial charge in [-0.25, -0.2) is 0 Å². The van der Waals surface area contributed by atoms with Crippen molar-refractivity contribution in [3.05, 3.63) is 94.5 Å². The van der Waals surface area contributed by atoms with Gasteiger partial charge in [-0.2, -0.15) is 0 Å². The number of rotatable bonds is 5. The zero-order valence-corrected chi connectivity index (χ0v) is 17.7. The van der Waals surface area contributed by atoms with Crippen molar-refractivity contribution in [2.75, 3.05) is 16.8 Å². The normalized spacial score (nSPS) is 15.7. The third-order valence-electron chi connectivity index (χ3n) is 5.33. The molecule has 0 aromatic heterocycles. The minimum absolute atomic E-state index is 0.0950. The topological polar surface area (TPSA) is 66.5 Å². The van der Waals surface area contributed by atoms with E-state index in [9.17, 15) is 14.4 Å². The molecule has 0 bridgehead atoms. The maximum Gasteiger partial charge on any atom is 0.229 e. The molecule has 1 fully saturated rings. The summed E-state index contributed by atoms with van der Waals surface area (Å²) in [7, 11) is 0. The molecule has 0 spiro atoms. The number of nitrogens with zero attached hydrogens (tertiary/aromatic N) is 1. The summed E-state index contributed by atoms with van der Waals surface area (Å²) in [4.78, 5) is 40.1. The Balaban J connectivity index is 1.54. The molecule has 156 valence electrons. The second-order valence-electron chi connectivity index (χ2n) is 7.62. The van der Waals surface area contributed by atoms with Gasteiger partial charge in [0, 0.05) is 34.8 Å². The van der Waals surface area contributed by atoms with Gasteiger partial charge in [0.05, 0.1) is 11.6 Å². The summed E-state index contributed by atoms with van der Waals surface area (Å²) in [6, 6.07) is 21.2. The predicted molar refractivity (Wildman–Crippen MR) is 122 cm³/mol. The Morgan fingerprint density at radius 2 is 1.77 bits per heavy atom. The van der Waals surface area contributed by atoms with Gasteiger partial charge in [0.1, 0.15) is 0 Å². The Labute approximate surface area is 185 Å². The zero-order valence-electron chi connectivity index (χ0n) is 17.0. The van der Waals surface area contributed by atoms with E-state index in [1.54, 1.807) is 47.4 Å². The van der Waals surface area contributed by atoms with Crippen LogP contribution in [0, 0.1) is 12.8 Å². The molecule has 0 aliphatic carbocycles. The molecule has 2 amide bonds. The van der Waals surface area contributed by atoms with Crippen LogP contribution in [0.3, 0.4) is 0 Å². The maximum absolute atomic E-state index is 13.0. The fourth-order valence-corrected chi connectivity index (χ4v) is 3.89. The monoisotopic (exact) mass is 432 g/mol. The standard InChI is InChI=1S/C25H21ClN2O3/c1-16-6-5-9-20(12-16)28-15-18(13-23(28)29)25(31)27-22-11-10-19(26)14-21(22)24(30)17-7-3-2-4-8-17/h2-12,14,18H,13,15H2,1H3,(H,27,31). The smallest absolute Gasteiger partial charge is 0.229 e. The highest BCUT2D eigenvalue weighted by molar-refractivity contribution is 6.31. The van der Waals surface area contributed by atoms with Crippen LogP contribution in [0.2, 0.25) is 5.02 Å². The number of carbonyl (C=O) groups is 3. The maximum atomic E-state index is 13.0. The van der Waals surface area contributed by atoms with Gasteiger partial charge in [-0.05, 0) is 42.8 Å². The van der Waals surface area contributed by atoms with E-state index >= 15 is 0 Å². The van der Waals surface area contributed by atoms with Gasteiger partial charge in [-0.3, -0.25) is 14.4 Å². The molecule has 31 heavy (non-hydrogen) atoms. The van der Waals surface area contributed by atoms with Crippen LogP contribution in [0.25, 0.3) is 0 Å². The third-order valence-corrected chi connectivity index (χ3v) is 5.56. The highest BCUT2D eigenvalue weighted by atomic mass is 35.5. The van der Waals surface area contributed by atoms with Gasteiger partial charge < -0.3 is 10.2 Å². The number of anilines is 2. The van der Waals surface area contributed by atoms with Crippen molar-refractivity contribution in [1.82, 2.24) is 0 Å². The molecule has 1 aliphatic heterocycles. The van der Waals surface area contributed by atoms with E-state index in [0.29, 0.717) is 28.4 Å². The van der Waals surface area contributed by atoms with E-state index in [0.717, 1.165) is 11.3 Å². The quantitative estimate of drug-likeness (QED) is 0.585. The molecule has 0 radical (unpaired) electrons. The van der Waals surface area contributed by atoms with E-state index in [-0.39, 0.29) is 24.0 Å². The molecule has 1 heterocycles. The summed E-state index contributed by atoms with van der Waals surface area (Å²) in [5.41, 5.74) is 3.02. The van der Waals surface area contributed by atoms with Crippen molar-refractivity contribution in [3.63, 3.8) is 0 Å². The summed E-state index contributed by atoms with van der Waals surface area (Å²) in [5, 5.41) is 3.24. The molecule has 0 saturated carbocycles. The zero-order chi connectivity index (χ0) is 22.0. The van der Waals surface area contributed by atoms with Gasteiger partial charge in [0.25, 0.3) is 0 Å². The first-order chi connectivity index (χ1) is 14.9. The van der Waals surface area contributed by atoms with Crippen molar-refractivity contribution >= 4 is 40.6 Å². The molecule has 1 unspecified atom stereocenters. The second-order valence-corrected chi connectivity index (χ2v) is 8.06. The van der Waals surface area contributed by atoms with Crippen LogP contribution in [0.4, 0.5) is 11.4 Å². The van der Waals surface area contributed by atoms with Crippen molar-refractivity contribution in [3.8, 4) is 0 Å². The fraction of sp³-hybridized carbons (Fsp3) is 0.160. The number of benzene rings is 3. The molecule has 1 aliphatic rings. The molecule has 3 aromatic rings. The number of hydrogen-bond donors (Lipinski definition) is 1. The Bertz CT molecular complexity index is 1160. The van der Waals surface area contributed by atoms with Crippen LogP contribution in [-0.2, 0) is 9.59 Å². The molecule has 3 aromatic carbocycles. The molecule has 1 atom stereocenters.